The summed E-state index contributed by atoms with van der Waals surface area (Å²) in [5, 5.41) is 0. The minimum absolute atomic E-state index is 0.812. The Morgan fingerprint density at radius 2 is 1.81 bits per heavy atom. The van der Waals surface area contributed by atoms with Crippen LogP contribution in [0.1, 0.15) is 17.2 Å². The first kappa shape index (κ1) is 13.9. The van der Waals surface area contributed by atoms with Gasteiger partial charge in [0.15, 0.2) is 6.33 Å². The van der Waals surface area contributed by atoms with Crippen molar-refractivity contribution >= 4 is 5.82 Å². The van der Waals surface area contributed by atoms with Gasteiger partial charge in [-0.05, 0) is 26.0 Å². The van der Waals surface area contributed by atoms with E-state index in [0.717, 1.165) is 55.8 Å². The Bertz CT molecular complexity index is 572. The summed E-state index contributed by atoms with van der Waals surface area (Å²) in [5.41, 5.74) is 2.07. The van der Waals surface area contributed by atoms with E-state index in [4.69, 9.17) is 0 Å². The maximum Gasteiger partial charge on any atom is 0.199 e. The quantitative estimate of drug-likeness (QED) is 0.838. The highest BCUT2D eigenvalue weighted by Gasteiger charge is 2.18. The molecule has 0 aromatic carbocycles. The van der Waals surface area contributed by atoms with Gasteiger partial charge >= 0.3 is 0 Å². The summed E-state index contributed by atoms with van der Waals surface area (Å²) < 4.78 is 0. The first-order valence-corrected chi connectivity index (χ1v) is 7.18. The predicted molar refractivity (Wildman–Crippen MR) is 79.9 cm³/mol. The molecule has 0 saturated carbocycles. The maximum absolute atomic E-state index is 4.51. The summed E-state index contributed by atoms with van der Waals surface area (Å²) in [4.78, 5) is 21.7. The Hall–Kier alpha value is -2.08. The Morgan fingerprint density at radius 3 is 2.43 bits per heavy atom. The number of piperazine rings is 1. The molecular formula is C15H19N6. The lowest BCUT2D eigenvalue weighted by Gasteiger charge is -2.34. The molecule has 2 aromatic heterocycles. The maximum atomic E-state index is 4.51. The van der Waals surface area contributed by atoms with Crippen LogP contribution < -0.4 is 4.90 Å². The number of aromatic nitrogens is 4. The molecule has 0 spiro atoms. The fourth-order valence-corrected chi connectivity index (χ4v) is 2.64. The largest absolute Gasteiger partial charge is 0.354 e. The summed E-state index contributed by atoms with van der Waals surface area (Å²) in [7, 11) is 0. The van der Waals surface area contributed by atoms with E-state index in [-0.39, 0.29) is 0 Å². The van der Waals surface area contributed by atoms with Crippen LogP contribution in [-0.4, -0.2) is 51.0 Å². The van der Waals surface area contributed by atoms with E-state index in [1.54, 1.807) is 6.20 Å². The van der Waals surface area contributed by atoms with Crippen molar-refractivity contribution in [3.8, 4) is 0 Å². The topological polar surface area (TPSA) is 58.0 Å². The van der Waals surface area contributed by atoms with Gasteiger partial charge < -0.3 is 4.90 Å². The average molecular weight is 283 g/mol. The molecule has 1 radical (unpaired) electrons. The molecule has 1 aliphatic rings. The third-order valence-electron chi connectivity index (χ3n) is 3.61. The van der Waals surface area contributed by atoms with Crippen molar-refractivity contribution in [1.82, 2.24) is 24.8 Å². The highest BCUT2D eigenvalue weighted by atomic mass is 15.3. The van der Waals surface area contributed by atoms with Crippen molar-refractivity contribution in [2.24, 2.45) is 0 Å². The van der Waals surface area contributed by atoms with Gasteiger partial charge in [-0.25, -0.2) is 19.9 Å². The lowest BCUT2D eigenvalue weighted by molar-refractivity contribution is 0.243. The lowest BCUT2D eigenvalue weighted by atomic mass is 10.3. The number of anilines is 1. The molecule has 0 atom stereocenters. The van der Waals surface area contributed by atoms with Gasteiger partial charge in [-0.2, -0.15) is 0 Å². The van der Waals surface area contributed by atoms with Crippen molar-refractivity contribution in [1.29, 1.82) is 0 Å². The smallest absolute Gasteiger partial charge is 0.199 e. The third-order valence-corrected chi connectivity index (χ3v) is 3.61. The van der Waals surface area contributed by atoms with Crippen molar-refractivity contribution in [2.45, 2.75) is 20.4 Å². The fraction of sp³-hybridized carbons (Fsp3) is 0.467. The lowest BCUT2D eigenvalue weighted by Crippen LogP contribution is -2.46. The van der Waals surface area contributed by atoms with Gasteiger partial charge in [0.2, 0.25) is 0 Å². The molecule has 1 aliphatic heterocycles. The Kier molecular flexibility index (Phi) is 4.06. The Morgan fingerprint density at radius 1 is 1.10 bits per heavy atom. The molecule has 1 saturated heterocycles. The van der Waals surface area contributed by atoms with E-state index in [1.165, 1.54) is 0 Å². The SMILES string of the molecule is Cc1cc(C)nc(CN2CCN(c3ccn[c]n3)CC2)n1. The highest BCUT2D eigenvalue weighted by Crippen LogP contribution is 2.13. The van der Waals surface area contributed by atoms with Crippen LogP contribution in [0.2, 0.25) is 0 Å². The zero-order valence-corrected chi connectivity index (χ0v) is 12.5. The van der Waals surface area contributed by atoms with Gasteiger partial charge in [-0.3, -0.25) is 4.90 Å². The normalized spacial score (nSPS) is 16.2. The molecule has 0 unspecified atom stereocenters. The van der Waals surface area contributed by atoms with Crippen LogP contribution in [0.4, 0.5) is 5.82 Å². The minimum atomic E-state index is 0.812. The van der Waals surface area contributed by atoms with Crippen molar-refractivity contribution in [3.63, 3.8) is 0 Å². The van der Waals surface area contributed by atoms with E-state index in [1.807, 2.05) is 26.0 Å². The van der Waals surface area contributed by atoms with Crippen LogP contribution in [0.25, 0.3) is 0 Å². The van der Waals surface area contributed by atoms with Gasteiger partial charge in [0.05, 0.1) is 6.54 Å². The van der Waals surface area contributed by atoms with Gasteiger partial charge in [0.1, 0.15) is 11.6 Å². The number of hydrogen-bond donors (Lipinski definition) is 0. The second kappa shape index (κ2) is 6.13. The fourth-order valence-electron chi connectivity index (χ4n) is 2.64. The highest BCUT2D eigenvalue weighted by molar-refractivity contribution is 5.36. The minimum Gasteiger partial charge on any atom is -0.354 e. The monoisotopic (exact) mass is 283 g/mol. The van der Waals surface area contributed by atoms with Crippen molar-refractivity contribution in [3.05, 3.63) is 41.9 Å². The van der Waals surface area contributed by atoms with E-state index in [9.17, 15) is 0 Å². The zero-order chi connectivity index (χ0) is 14.7. The van der Waals surface area contributed by atoms with Crippen LogP contribution >= 0.6 is 0 Å². The molecule has 0 aliphatic carbocycles. The number of aryl methyl sites for hydroxylation is 2. The molecule has 2 aromatic rings. The van der Waals surface area contributed by atoms with E-state index >= 15 is 0 Å². The standard InChI is InChI=1S/C15H19N6/c1-12-9-13(2)19-14(18-12)10-20-5-7-21(8-6-20)15-3-4-16-11-17-15/h3-4,9H,5-8,10H2,1-2H3. The van der Waals surface area contributed by atoms with Crippen molar-refractivity contribution in [2.75, 3.05) is 31.1 Å². The molecule has 6 nitrogen and oxygen atoms in total. The molecule has 3 rings (SSSR count). The van der Waals surface area contributed by atoms with Crippen LogP contribution in [0.5, 0.6) is 0 Å². The van der Waals surface area contributed by atoms with Crippen LogP contribution in [0, 0.1) is 20.2 Å². The molecule has 109 valence electrons. The molecule has 3 heterocycles. The second-order valence-corrected chi connectivity index (χ2v) is 5.34. The van der Waals surface area contributed by atoms with Crippen molar-refractivity contribution < 1.29 is 0 Å². The predicted octanol–water partition coefficient (Wildman–Crippen LogP) is 1.01. The average Bonchev–Trinajstić information content (AvgIpc) is 2.48. The van der Waals surface area contributed by atoms with E-state index < -0.39 is 0 Å². The van der Waals surface area contributed by atoms with E-state index in [2.05, 4.69) is 36.1 Å². The van der Waals surface area contributed by atoms with Crippen LogP contribution in [0.3, 0.4) is 0 Å². The number of nitrogens with zero attached hydrogens (tertiary/aromatic N) is 6. The van der Waals surface area contributed by atoms with Gasteiger partial charge in [0.25, 0.3) is 0 Å². The number of hydrogen-bond acceptors (Lipinski definition) is 6. The van der Waals surface area contributed by atoms with Gasteiger partial charge in [-0.15, -0.1) is 0 Å². The molecule has 0 bridgehead atoms. The Balaban J connectivity index is 1.58. The molecule has 21 heavy (non-hydrogen) atoms. The third kappa shape index (κ3) is 3.52. The molecule has 0 N–H and O–H groups in total. The molecule has 0 amide bonds. The molecule has 1 fully saturated rings. The number of rotatable bonds is 3. The summed E-state index contributed by atoms with van der Waals surface area (Å²) in [6.07, 6.45) is 4.38. The second-order valence-electron chi connectivity index (χ2n) is 5.34. The van der Waals surface area contributed by atoms with Crippen LogP contribution in [-0.2, 0) is 6.54 Å². The van der Waals surface area contributed by atoms with Gasteiger partial charge in [0, 0.05) is 43.8 Å². The summed E-state index contributed by atoms with van der Waals surface area (Å²) in [5.74, 6) is 1.86. The van der Waals surface area contributed by atoms with Gasteiger partial charge in [-0.1, -0.05) is 0 Å². The first-order valence-electron chi connectivity index (χ1n) is 7.18. The Labute approximate surface area is 124 Å². The molecular weight excluding hydrogens is 264 g/mol. The summed E-state index contributed by atoms with van der Waals surface area (Å²) in [6, 6.07) is 3.94. The van der Waals surface area contributed by atoms with E-state index in [0.29, 0.717) is 0 Å². The van der Waals surface area contributed by atoms with Crippen LogP contribution in [0.15, 0.2) is 18.3 Å². The summed E-state index contributed by atoms with van der Waals surface area (Å²) >= 11 is 0. The molecule has 6 heteroatoms. The first-order chi connectivity index (χ1) is 10.2. The zero-order valence-electron chi connectivity index (χ0n) is 12.5. The summed E-state index contributed by atoms with van der Waals surface area (Å²) in [6.45, 7) is 8.72.